The Balaban J connectivity index is -0.0000000533. The molecule has 0 radical (unpaired) electrons. The Bertz CT molecular complexity index is 254. The van der Waals surface area contributed by atoms with Crippen LogP contribution < -0.4 is 80.9 Å². The number of hydrogen-bond acceptors (Lipinski definition) is 4. The van der Waals surface area contributed by atoms with Crippen molar-refractivity contribution in [1.29, 1.82) is 0 Å². The van der Waals surface area contributed by atoms with Crippen LogP contribution in [-0.2, 0) is 20.2 Å². The zero-order chi connectivity index (χ0) is 7.71. The third-order valence-electron chi connectivity index (χ3n) is 0.298. The topological polar surface area (TPSA) is 109 Å². The molecule has 0 saturated carbocycles. The first-order chi connectivity index (χ1) is 3.71. The van der Waals surface area contributed by atoms with E-state index in [1.54, 1.807) is 0 Å². The van der Waals surface area contributed by atoms with E-state index in [4.69, 9.17) is 9.11 Å². The third kappa shape index (κ3) is 19.0. The van der Waals surface area contributed by atoms with Gasteiger partial charge >= 0.3 is 80.9 Å². The van der Waals surface area contributed by atoms with Crippen molar-refractivity contribution in [2.24, 2.45) is 0 Å². The van der Waals surface area contributed by atoms with Crippen molar-refractivity contribution in [3.8, 4) is 0 Å². The average Bonchev–Trinajstić information content (AvgIpc) is 1.14. The first-order valence-corrected chi connectivity index (χ1v) is 4.83. The molecule has 0 aromatic rings. The molecule has 11 heavy (non-hydrogen) atoms. The molecule has 0 aliphatic rings. The summed E-state index contributed by atoms with van der Waals surface area (Å²) in [7, 11) is -9.24. The van der Waals surface area contributed by atoms with E-state index in [9.17, 15) is 16.8 Å². The maximum Gasteiger partial charge on any atom is 1.00 e. The van der Waals surface area contributed by atoms with Crippen molar-refractivity contribution in [3.63, 3.8) is 0 Å². The minimum atomic E-state index is -4.62. The zero-order valence-electron chi connectivity index (χ0n) is 8.05. The quantitative estimate of drug-likeness (QED) is 0.367. The molecule has 0 aromatic heterocycles. The van der Waals surface area contributed by atoms with Crippen molar-refractivity contribution in [2.75, 3.05) is 5.08 Å². The van der Waals surface area contributed by atoms with E-state index in [-0.39, 0.29) is 83.8 Å². The summed E-state index contributed by atoms with van der Waals surface area (Å²) in [5.41, 5.74) is 0. The largest absolute Gasteiger partial charge is 1.00 e. The summed E-state index contributed by atoms with van der Waals surface area (Å²) in [6.07, 6.45) is 0. The van der Waals surface area contributed by atoms with Gasteiger partial charge in [-0.05, 0) is 0 Å². The fraction of sp³-hybridized carbons (Fsp3) is 1.00. The van der Waals surface area contributed by atoms with E-state index < -0.39 is 25.3 Å². The fourth-order valence-electron chi connectivity index (χ4n) is 0.188. The van der Waals surface area contributed by atoms with Gasteiger partial charge in [0.1, 0.15) is 0 Å². The van der Waals surface area contributed by atoms with Crippen molar-refractivity contribution in [3.05, 3.63) is 0 Å². The third-order valence-corrected chi connectivity index (χ3v) is 2.68. The molecule has 0 spiro atoms. The molecule has 0 fully saturated rings. The fourth-order valence-corrected chi connectivity index (χ4v) is 1.69. The molecule has 0 amide bonds. The predicted octanol–water partition coefficient (Wildman–Crippen LogP) is -7.05. The first-order valence-electron chi connectivity index (χ1n) is 1.61. The molecule has 6 nitrogen and oxygen atoms in total. The van der Waals surface area contributed by atoms with Crippen LogP contribution in [0.2, 0.25) is 0 Å². The van der Waals surface area contributed by atoms with Crippen LogP contribution in [0.3, 0.4) is 0 Å². The van der Waals surface area contributed by atoms with Gasteiger partial charge in [0.2, 0.25) is 5.08 Å². The van der Waals surface area contributed by atoms with E-state index >= 15 is 0 Å². The van der Waals surface area contributed by atoms with E-state index in [1.165, 1.54) is 0 Å². The Labute approximate surface area is 132 Å². The summed E-state index contributed by atoms with van der Waals surface area (Å²) < 4.78 is 54.2. The van der Waals surface area contributed by atoms with Gasteiger partial charge in [-0.15, -0.1) is 0 Å². The van der Waals surface area contributed by atoms with E-state index in [0.29, 0.717) is 0 Å². The molecule has 60 valence electrons. The van der Waals surface area contributed by atoms with Crippen molar-refractivity contribution >= 4 is 20.2 Å². The average molecular weight is 240 g/mol. The molecule has 0 heterocycles. The Morgan fingerprint density at radius 3 is 1.18 bits per heavy atom. The minimum Gasteiger partial charge on any atom is -1.00 e. The van der Waals surface area contributed by atoms with Gasteiger partial charge in [-0.1, -0.05) is 0 Å². The molecule has 0 bridgehead atoms. The number of hydrogen-bond donors (Lipinski definition) is 2. The molecule has 0 aliphatic carbocycles. The van der Waals surface area contributed by atoms with Gasteiger partial charge in [0.25, 0.3) is 20.2 Å². The normalized spacial score (nSPS) is 11.1. The van der Waals surface area contributed by atoms with E-state index in [1.807, 2.05) is 0 Å². The zero-order valence-corrected chi connectivity index (χ0v) is 12.8. The van der Waals surface area contributed by atoms with Gasteiger partial charge < -0.3 is 2.85 Å². The minimum absolute atomic E-state index is 0. The van der Waals surface area contributed by atoms with Crippen LogP contribution in [0.5, 0.6) is 0 Å². The van der Waals surface area contributed by atoms with Crippen molar-refractivity contribution in [1.82, 2.24) is 0 Å². The standard InChI is InChI=1S/CH4O6S2.K.Na.2H/c2-8(3,4)1-9(5,6)7;;;;/h1H2,(H,2,3,4)(H,5,6,7);;;;/q;2*+1;2*-1. The Kier molecular flexibility index (Phi) is 11.9. The monoisotopic (exact) mass is 240 g/mol. The molecular weight excluding hydrogens is 234 g/mol. The van der Waals surface area contributed by atoms with Crippen LogP contribution in [0.4, 0.5) is 0 Å². The van der Waals surface area contributed by atoms with Crippen LogP contribution in [0.25, 0.3) is 0 Å². The van der Waals surface area contributed by atoms with Crippen molar-refractivity contribution < 1.29 is 110 Å². The molecule has 0 rings (SSSR count). The molecular formula is CH6KNaO6S2. The van der Waals surface area contributed by atoms with Gasteiger partial charge in [0.15, 0.2) is 0 Å². The van der Waals surface area contributed by atoms with E-state index in [2.05, 4.69) is 0 Å². The van der Waals surface area contributed by atoms with Gasteiger partial charge in [0.05, 0.1) is 0 Å². The maximum absolute atomic E-state index is 9.66. The van der Waals surface area contributed by atoms with Crippen molar-refractivity contribution in [2.45, 2.75) is 0 Å². The van der Waals surface area contributed by atoms with Gasteiger partial charge in [-0.25, -0.2) is 0 Å². The second kappa shape index (κ2) is 6.84. The molecule has 0 atom stereocenters. The van der Waals surface area contributed by atoms with Crippen LogP contribution >= 0.6 is 0 Å². The summed E-state index contributed by atoms with van der Waals surface area (Å²) in [6, 6.07) is 0. The Morgan fingerprint density at radius 2 is 1.18 bits per heavy atom. The van der Waals surface area contributed by atoms with Crippen LogP contribution in [-0.4, -0.2) is 31.0 Å². The molecule has 0 saturated heterocycles. The second-order valence-electron chi connectivity index (χ2n) is 1.28. The molecule has 2 N–H and O–H groups in total. The van der Waals surface area contributed by atoms with Gasteiger partial charge in [-0.3, -0.25) is 9.11 Å². The first kappa shape index (κ1) is 19.1. The smallest absolute Gasteiger partial charge is 1.00 e. The maximum atomic E-state index is 9.66. The summed E-state index contributed by atoms with van der Waals surface area (Å²) in [4.78, 5) is 0. The Hall–Kier alpha value is 2.46. The molecule has 0 aromatic carbocycles. The summed E-state index contributed by atoms with van der Waals surface area (Å²) in [5.74, 6) is 0. The van der Waals surface area contributed by atoms with Crippen LogP contribution in [0, 0.1) is 0 Å². The molecule has 10 heteroatoms. The summed E-state index contributed by atoms with van der Waals surface area (Å²) in [6.45, 7) is 0. The summed E-state index contributed by atoms with van der Waals surface area (Å²) in [5, 5.41) is -1.65. The predicted molar refractivity (Wildman–Crippen MR) is 30.2 cm³/mol. The SMILES string of the molecule is O=S(=O)(O)CS(=O)(=O)O.[H-].[H-].[K+].[Na+]. The Morgan fingerprint density at radius 1 is 1.00 bits per heavy atom. The molecule has 0 aliphatic heterocycles. The van der Waals surface area contributed by atoms with E-state index in [0.717, 1.165) is 0 Å². The van der Waals surface area contributed by atoms with Crippen LogP contribution in [0.1, 0.15) is 2.85 Å². The summed E-state index contributed by atoms with van der Waals surface area (Å²) >= 11 is 0. The van der Waals surface area contributed by atoms with Gasteiger partial charge in [-0.2, -0.15) is 16.8 Å². The second-order valence-corrected chi connectivity index (χ2v) is 4.55. The molecule has 0 unspecified atom stereocenters. The van der Waals surface area contributed by atoms with Crippen LogP contribution in [0.15, 0.2) is 0 Å². The number of rotatable bonds is 2. The van der Waals surface area contributed by atoms with Gasteiger partial charge in [0, 0.05) is 0 Å².